The Morgan fingerprint density at radius 2 is 2.11 bits per heavy atom. The Hall–Kier alpha value is -2.11. The van der Waals surface area contributed by atoms with Gasteiger partial charge in [-0.25, -0.2) is 0 Å². The minimum absolute atomic E-state index is 0.0696. The Labute approximate surface area is 112 Å². The maximum absolute atomic E-state index is 12.2. The van der Waals surface area contributed by atoms with Gasteiger partial charge >= 0.3 is 0 Å². The number of amides is 1. The second-order valence-corrected chi connectivity index (χ2v) is 4.43. The van der Waals surface area contributed by atoms with Crippen LogP contribution in [0.3, 0.4) is 0 Å². The Bertz CT molecular complexity index is 474. The molecule has 6 nitrogen and oxygen atoms in total. The van der Waals surface area contributed by atoms with Gasteiger partial charge < -0.3 is 10.6 Å². The molecule has 0 fully saturated rings. The number of anilines is 1. The van der Waals surface area contributed by atoms with Crippen molar-refractivity contribution in [1.82, 2.24) is 4.90 Å². The second kappa shape index (κ2) is 6.72. The van der Waals surface area contributed by atoms with Gasteiger partial charge in [0.2, 0.25) is 0 Å². The first-order chi connectivity index (χ1) is 8.99. The molecular formula is C13H19N3O3. The molecule has 0 aromatic heterocycles. The van der Waals surface area contributed by atoms with E-state index in [9.17, 15) is 14.9 Å². The quantitative estimate of drug-likeness (QED) is 0.370. The summed E-state index contributed by atoms with van der Waals surface area (Å²) >= 11 is 0. The lowest BCUT2D eigenvalue weighted by molar-refractivity contribution is -0.383. The van der Waals surface area contributed by atoms with E-state index < -0.39 is 4.92 Å². The molecule has 0 aliphatic carbocycles. The highest BCUT2D eigenvalue weighted by Gasteiger charge is 2.21. The number of nitro benzene ring substituents is 1. The van der Waals surface area contributed by atoms with Crippen LogP contribution in [0.2, 0.25) is 0 Å². The molecule has 1 aromatic rings. The molecule has 6 heteroatoms. The van der Waals surface area contributed by atoms with Crippen LogP contribution in [0.5, 0.6) is 0 Å². The summed E-state index contributed by atoms with van der Waals surface area (Å²) in [5.74, 6) is -0.280. The van der Waals surface area contributed by atoms with Gasteiger partial charge in [0, 0.05) is 19.7 Å². The van der Waals surface area contributed by atoms with Crippen LogP contribution in [0.15, 0.2) is 18.2 Å². The Morgan fingerprint density at radius 1 is 1.42 bits per heavy atom. The molecule has 0 radical (unpaired) electrons. The largest absolute Gasteiger partial charge is 0.393 e. The molecule has 1 aromatic carbocycles. The number of nitrogen functional groups attached to an aromatic ring is 1. The molecule has 0 bridgehead atoms. The summed E-state index contributed by atoms with van der Waals surface area (Å²) in [5, 5.41) is 10.8. The van der Waals surface area contributed by atoms with Crippen LogP contribution < -0.4 is 5.73 Å². The Morgan fingerprint density at radius 3 is 2.68 bits per heavy atom. The predicted molar refractivity (Wildman–Crippen MR) is 74.0 cm³/mol. The van der Waals surface area contributed by atoms with Gasteiger partial charge in [-0.05, 0) is 12.5 Å². The molecule has 0 atom stereocenters. The number of nitrogens with two attached hydrogens (primary N) is 1. The number of nitro groups is 1. The third-order valence-electron chi connectivity index (χ3n) is 2.95. The third kappa shape index (κ3) is 3.67. The molecule has 0 saturated carbocycles. The SMILES string of the molecule is CCCCCN(C)C(=O)c1cccc([N+](=O)[O-])c1N. The van der Waals surface area contributed by atoms with Crippen molar-refractivity contribution in [2.45, 2.75) is 26.2 Å². The van der Waals surface area contributed by atoms with Crippen LogP contribution in [-0.4, -0.2) is 29.3 Å². The van der Waals surface area contributed by atoms with E-state index in [2.05, 4.69) is 6.92 Å². The number of para-hydroxylation sites is 1. The van der Waals surface area contributed by atoms with E-state index in [1.807, 2.05) is 0 Å². The van der Waals surface area contributed by atoms with E-state index >= 15 is 0 Å². The van der Waals surface area contributed by atoms with E-state index in [1.54, 1.807) is 11.9 Å². The van der Waals surface area contributed by atoms with Crippen molar-refractivity contribution in [2.24, 2.45) is 0 Å². The minimum atomic E-state index is -0.580. The van der Waals surface area contributed by atoms with Gasteiger partial charge in [-0.1, -0.05) is 25.8 Å². The van der Waals surface area contributed by atoms with Crippen molar-refractivity contribution < 1.29 is 9.72 Å². The van der Waals surface area contributed by atoms with E-state index in [-0.39, 0.29) is 22.8 Å². The smallest absolute Gasteiger partial charge is 0.292 e. The zero-order chi connectivity index (χ0) is 14.4. The van der Waals surface area contributed by atoms with Crippen molar-refractivity contribution in [3.8, 4) is 0 Å². The summed E-state index contributed by atoms with van der Waals surface area (Å²) in [6, 6.07) is 4.28. The minimum Gasteiger partial charge on any atom is -0.393 e. The van der Waals surface area contributed by atoms with E-state index in [0.717, 1.165) is 19.3 Å². The lowest BCUT2D eigenvalue weighted by Crippen LogP contribution is -2.28. The third-order valence-corrected chi connectivity index (χ3v) is 2.95. The van der Waals surface area contributed by atoms with Crippen LogP contribution in [0.1, 0.15) is 36.5 Å². The first-order valence-corrected chi connectivity index (χ1v) is 6.27. The lowest BCUT2D eigenvalue weighted by atomic mass is 10.1. The predicted octanol–water partition coefficient (Wildman–Crippen LogP) is 2.44. The van der Waals surface area contributed by atoms with Gasteiger partial charge in [-0.3, -0.25) is 14.9 Å². The summed E-state index contributed by atoms with van der Waals surface area (Å²) in [6.07, 6.45) is 3.02. The highest BCUT2D eigenvalue weighted by Crippen LogP contribution is 2.25. The van der Waals surface area contributed by atoms with Crippen LogP contribution in [0.4, 0.5) is 11.4 Å². The van der Waals surface area contributed by atoms with E-state index in [4.69, 9.17) is 5.73 Å². The van der Waals surface area contributed by atoms with Crippen molar-refractivity contribution >= 4 is 17.3 Å². The zero-order valence-corrected chi connectivity index (χ0v) is 11.3. The highest BCUT2D eigenvalue weighted by atomic mass is 16.6. The molecule has 0 aliphatic rings. The maximum atomic E-state index is 12.2. The van der Waals surface area contributed by atoms with Crippen molar-refractivity contribution in [3.63, 3.8) is 0 Å². The molecule has 1 amide bonds. The van der Waals surface area contributed by atoms with Gasteiger partial charge in [0.15, 0.2) is 0 Å². The summed E-state index contributed by atoms with van der Waals surface area (Å²) in [6.45, 7) is 2.70. The first-order valence-electron chi connectivity index (χ1n) is 6.27. The topological polar surface area (TPSA) is 89.5 Å². The first kappa shape index (κ1) is 14.9. The average Bonchev–Trinajstić information content (AvgIpc) is 2.38. The number of hydrogen-bond donors (Lipinski definition) is 1. The summed E-state index contributed by atoms with van der Waals surface area (Å²) in [5.41, 5.74) is 5.58. The Balaban J connectivity index is 2.88. The molecule has 104 valence electrons. The van der Waals surface area contributed by atoms with Crippen LogP contribution in [0.25, 0.3) is 0 Å². The number of rotatable bonds is 6. The second-order valence-electron chi connectivity index (χ2n) is 4.43. The molecule has 0 unspecified atom stereocenters. The van der Waals surface area contributed by atoms with Crippen LogP contribution in [0, 0.1) is 10.1 Å². The van der Waals surface area contributed by atoms with Crippen LogP contribution >= 0.6 is 0 Å². The van der Waals surface area contributed by atoms with Gasteiger partial charge in [-0.15, -0.1) is 0 Å². The standard InChI is InChI=1S/C13H19N3O3/c1-3-4-5-9-15(2)13(17)10-7-6-8-11(12(10)14)16(18)19/h6-8H,3-5,9,14H2,1-2H3. The number of benzene rings is 1. The van der Waals surface area contributed by atoms with Crippen molar-refractivity contribution in [2.75, 3.05) is 19.3 Å². The fourth-order valence-electron chi connectivity index (χ4n) is 1.80. The van der Waals surface area contributed by atoms with Crippen LogP contribution in [-0.2, 0) is 0 Å². The maximum Gasteiger partial charge on any atom is 0.292 e. The van der Waals surface area contributed by atoms with E-state index in [0.29, 0.717) is 6.54 Å². The zero-order valence-electron chi connectivity index (χ0n) is 11.3. The molecule has 2 N–H and O–H groups in total. The van der Waals surface area contributed by atoms with Crippen molar-refractivity contribution in [1.29, 1.82) is 0 Å². The van der Waals surface area contributed by atoms with Gasteiger partial charge in [-0.2, -0.15) is 0 Å². The normalized spacial score (nSPS) is 10.2. The molecule has 1 rings (SSSR count). The number of nitrogens with zero attached hydrogens (tertiary/aromatic N) is 2. The van der Waals surface area contributed by atoms with E-state index in [1.165, 1.54) is 18.2 Å². The highest BCUT2D eigenvalue weighted by molar-refractivity contribution is 6.00. The molecule has 0 heterocycles. The molecule has 0 spiro atoms. The monoisotopic (exact) mass is 265 g/mol. The number of unbranched alkanes of at least 4 members (excludes halogenated alkanes) is 2. The summed E-state index contributed by atoms with van der Waals surface area (Å²) in [7, 11) is 1.68. The van der Waals surface area contributed by atoms with Crippen molar-refractivity contribution in [3.05, 3.63) is 33.9 Å². The van der Waals surface area contributed by atoms with Gasteiger partial charge in [0.25, 0.3) is 11.6 Å². The number of hydrogen-bond acceptors (Lipinski definition) is 4. The summed E-state index contributed by atoms with van der Waals surface area (Å²) < 4.78 is 0. The average molecular weight is 265 g/mol. The number of carbonyl (C=O) groups is 1. The molecule has 19 heavy (non-hydrogen) atoms. The lowest BCUT2D eigenvalue weighted by Gasteiger charge is -2.17. The fraction of sp³-hybridized carbons (Fsp3) is 0.462. The molecule has 0 saturated heterocycles. The van der Waals surface area contributed by atoms with Gasteiger partial charge in [0.1, 0.15) is 5.69 Å². The summed E-state index contributed by atoms with van der Waals surface area (Å²) in [4.78, 5) is 23.9. The number of carbonyl (C=O) groups excluding carboxylic acids is 1. The Kier molecular flexibility index (Phi) is 5.29. The van der Waals surface area contributed by atoms with Gasteiger partial charge in [0.05, 0.1) is 10.5 Å². The fourth-order valence-corrected chi connectivity index (χ4v) is 1.80. The molecule has 0 aliphatic heterocycles. The molecular weight excluding hydrogens is 246 g/mol.